The SMILES string of the molecule is CCCCCCCCCCCCCCCOC(=O)c1ccc(-c2cc3ccc(N(CC)CC)cc3oc2=O)cc1. The van der Waals surface area contributed by atoms with Gasteiger partial charge >= 0.3 is 11.6 Å². The summed E-state index contributed by atoms with van der Waals surface area (Å²) in [6, 6.07) is 14.8. The molecule has 3 aromatic rings. The molecular weight excluding hydrogens is 498 g/mol. The summed E-state index contributed by atoms with van der Waals surface area (Å²) in [5.74, 6) is -0.319. The normalized spacial score (nSPS) is 11.2. The minimum atomic E-state index is -0.387. The number of ether oxygens (including phenoxy) is 1. The van der Waals surface area contributed by atoms with Crippen LogP contribution in [0.1, 0.15) is 115 Å². The Morgan fingerprint density at radius 3 is 1.88 bits per heavy atom. The van der Waals surface area contributed by atoms with Crippen LogP contribution in [0.25, 0.3) is 22.1 Å². The van der Waals surface area contributed by atoms with E-state index < -0.39 is 0 Å². The van der Waals surface area contributed by atoms with Gasteiger partial charge < -0.3 is 14.1 Å². The summed E-state index contributed by atoms with van der Waals surface area (Å²) >= 11 is 0. The molecule has 3 rings (SSSR count). The highest BCUT2D eigenvalue weighted by Crippen LogP contribution is 2.25. The maximum atomic E-state index is 12.8. The van der Waals surface area contributed by atoms with E-state index in [0.29, 0.717) is 23.3 Å². The van der Waals surface area contributed by atoms with E-state index in [1.807, 2.05) is 18.2 Å². The molecular formula is C35H49NO4. The van der Waals surface area contributed by atoms with Crippen molar-refractivity contribution in [2.24, 2.45) is 0 Å². The van der Waals surface area contributed by atoms with Gasteiger partial charge in [0.05, 0.1) is 17.7 Å². The van der Waals surface area contributed by atoms with Crippen molar-refractivity contribution >= 4 is 22.6 Å². The summed E-state index contributed by atoms with van der Waals surface area (Å²) in [7, 11) is 0. The average molecular weight is 548 g/mol. The van der Waals surface area contributed by atoms with Gasteiger partial charge in [0.1, 0.15) is 5.58 Å². The van der Waals surface area contributed by atoms with Crippen LogP contribution in [0, 0.1) is 0 Å². The molecule has 1 aromatic heterocycles. The van der Waals surface area contributed by atoms with Crippen molar-refractivity contribution in [3.8, 4) is 11.1 Å². The number of anilines is 1. The quantitative estimate of drug-likeness (QED) is 0.0849. The molecule has 2 aromatic carbocycles. The third kappa shape index (κ3) is 9.83. The molecule has 1 heterocycles. The standard InChI is InChI=1S/C35H49NO4/c1-4-7-8-9-10-11-12-13-14-15-16-17-18-25-39-34(37)29-21-19-28(20-22-29)32-26-30-23-24-31(36(5-2)6-3)27-33(30)40-35(32)38/h19-24,26-27H,4-18,25H2,1-3H3. The Kier molecular flexibility index (Phi) is 13.8. The van der Waals surface area contributed by atoms with Gasteiger partial charge in [-0.1, -0.05) is 96.1 Å². The molecule has 0 N–H and O–H groups in total. The Labute approximate surface area is 240 Å². The van der Waals surface area contributed by atoms with Crippen molar-refractivity contribution in [1.29, 1.82) is 0 Å². The first-order valence-corrected chi connectivity index (χ1v) is 15.7. The fourth-order valence-corrected chi connectivity index (χ4v) is 5.24. The molecule has 0 unspecified atom stereocenters. The smallest absolute Gasteiger partial charge is 0.344 e. The number of carbonyl (C=O) groups is 1. The van der Waals surface area contributed by atoms with Crippen LogP contribution in [-0.2, 0) is 4.74 Å². The Morgan fingerprint density at radius 1 is 0.725 bits per heavy atom. The second-order valence-corrected chi connectivity index (χ2v) is 10.8. The molecule has 0 bridgehead atoms. The molecule has 5 nitrogen and oxygen atoms in total. The van der Waals surface area contributed by atoms with E-state index >= 15 is 0 Å². The Hall–Kier alpha value is -3.08. The van der Waals surface area contributed by atoms with E-state index in [2.05, 4.69) is 31.7 Å². The largest absolute Gasteiger partial charge is 0.462 e. The van der Waals surface area contributed by atoms with Crippen molar-refractivity contribution in [1.82, 2.24) is 0 Å². The number of hydrogen-bond donors (Lipinski definition) is 0. The van der Waals surface area contributed by atoms with E-state index in [0.717, 1.165) is 42.6 Å². The zero-order chi connectivity index (χ0) is 28.6. The molecule has 0 saturated heterocycles. The average Bonchev–Trinajstić information content (AvgIpc) is 2.97. The fourth-order valence-electron chi connectivity index (χ4n) is 5.24. The van der Waals surface area contributed by atoms with Gasteiger partial charge in [0, 0.05) is 30.2 Å². The first-order valence-electron chi connectivity index (χ1n) is 15.7. The first kappa shape index (κ1) is 31.4. The molecule has 0 aliphatic heterocycles. The van der Waals surface area contributed by atoms with Crippen molar-refractivity contribution in [3.05, 3.63) is 64.5 Å². The van der Waals surface area contributed by atoms with E-state index in [-0.39, 0.29) is 11.6 Å². The molecule has 5 heteroatoms. The summed E-state index contributed by atoms with van der Waals surface area (Å²) < 4.78 is 11.1. The maximum Gasteiger partial charge on any atom is 0.344 e. The highest BCUT2D eigenvalue weighted by molar-refractivity contribution is 5.90. The lowest BCUT2D eigenvalue weighted by atomic mass is 10.0. The molecule has 0 spiro atoms. The van der Waals surface area contributed by atoms with E-state index in [1.165, 1.54) is 70.6 Å². The summed E-state index contributed by atoms with van der Waals surface area (Å²) in [5, 5.41) is 0.867. The van der Waals surface area contributed by atoms with Crippen molar-refractivity contribution in [2.45, 2.75) is 104 Å². The molecule has 0 saturated carbocycles. The number of carbonyl (C=O) groups excluding carboxylic acids is 1. The van der Waals surface area contributed by atoms with Crippen molar-refractivity contribution in [2.75, 3.05) is 24.6 Å². The fraction of sp³-hybridized carbons (Fsp3) is 0.543. The summed E-state index contributed by atoms with van der Waals surface area (Å²) in [4.78, 5) is 27.5. The second-order valence-electron chi connectivity index (χ2n) is 10.8. The van der Waals surface area contributed by atoms with Gasteiger partial charge in [-0.25, -0.2) is 9.59 Å². The van der Waals surface area contributed by atoms with Gasteiger partial charge in [0.15, 0.2) is 0 Å². The molecule has 0 radical (unpaired) electrons. The number of nitrogens with zero attached hydrogens (tertiary/aromatic N) is 1. The third-order valence-corrected chi connectivity index (χ3v) is 7.76. The first-order chi connectivity index (χ1) is 19.6. The minimum Gasteiger partial charge on any atom is -0.462 e. The number of esters is 1. The van der Waals surface area contributed by atoms with Gasteiger partial charge in [0.2, 0.25) is 0 Å². The van der Waals surface area contributed by atoms with Crippen LogP contribution < -0.4 is 10.5 Å². The van der Waals surface area contributed by atoms with Crippen molar-refractivity contribution < 1.29 is 13.9 Å². The van der Waals surface area contributed by atoms with Crippen LogP contribution in [0.15, 0.2) is 57.7 Å². The highest BCUT2D eigenvalue weighted by atomic mass is 16.5. The lowest BCUT2D eigenvalue weighted by Gasteiger charge is -2.21. The topological polar surface area (TPSA) is 59.8 Å². The van der Waals surface area contributed by atoms with Crippen LogP contribution in [-0.4, -0.2) is 25.7 Å². The zero-order valence-electron chi connectivity index (χ0n) is 25.0. The zero-order valence-corrected chi connectivity index (χ0v) is 25.0. The Balaban J connectivity index is 1.38. The molecule has 218 valence electrons. The maximum absolute atomic E-state index is 12.8. The minimum absolute atomic E-state index is 0.319. The Bertz CT molecular complexity index is 1210. The van der Waals surface area contributed by atoms with Crippen LogP contribution in [0.3, 0.4) is 0 Å². The lowest BCUT2D eigenvalue weighted by molar-refractivity contribution is 0.0497. The second kappa shape index (κ2) is 17.6. The predicted octanol–water partition coefficient (Wildman–Crippen LogP) is 9.55. The molecule has 0 fully saturated rings. The molecule has 0 aliphatic carbocycles. The highest BCUT2D eigenvalue weighted by Gasteiger charge is 2.12. The van der Waals surface area contributed by atoms with Gasteiger partial charge in [-0.05, 0) is 56.2 Å². The Morgan fingerprint density at radius 2 is 1.30 bits per heavy atom. The summed E-state index contributed by atoms with van der Waals surface area (Å²) in [6.07, 6.45) is 16.8. The molecule has 40 heavy (non-hydrogen) atoms. The number of rotatable bonds is 19. The predicted molar refractivity (Wildman–Crippen MR) is 167 cm³/mol. The van der Waals surface area contributed by atoms with E-state index in [1.54, 1.807) is 24.3 Å². The van der Waals surface area contributed by atoms with E-state index in [4.69, 9.17) is 9.15 Å². The van der Waals surface area contributed by atoms with Crippen LogP contribution in [0.2, 0.25) is 0 Å². The molecule has 0 aliphatic rings. The van der Waals surface area contributed by atoms with Gasteiger partial charge in [0.25, 0.3) is 0 Å². The van der Waals surface area contributed by atoms with Crippen molar-refractivity contribution in [3.63, 3.8) is 0 Å². The van der Waals surface area contributed by atoms with Crippen LogP contribution >= 0.6 is 0 Å². The monoisotopic (exact) mass is 547 g/mol. The molecule has 0 amide bonds. The number of fused-ring (bicyclic) bond motifs is 1. The summed E-state index contributed by atoms with van der Waals surface area (Å²) in [5.41, 5.74) is 2.92. The molecule has 0 atom stereocenters. The van der Waals surface area contributed by atoms with Gasteiger partial charge in [-0.15, -0.1) is 0 Å². The number of unbranched alkanes of at least 4 members (excludes halogenated alkanes) is 12. The number of benzene rings is 2. The lowest BCUT2D eigenvalue weighted by Crippen LogP contribution is -2.21. The third-order valence-electron chi connectivity index (χ3n) is 7.76. The van der Waals surface area contributed by atoms with Crippen LogP contribution in [0.4, 0.5) is 5.69 Å². The number of hydrogen-bond acceptors (Lipinski definition) is 5. The van der Waals surface area contributed by atoms with Gasteiger partial charge in [-0.3, -0.25) is 0 Å². The van der Waals surface area contributed by atoms with E-state index in [9.17, 15) is 9.59 Å². The van der Waals surface area contributed by atoms with Crippen LogP contribution in [0.5, 0.6) is 0 Å². The summed E-state index contributed by atoms with van der Waals surface area (Å²) in [6.45, 7) is 8.69. The van der Waals surface area contributed by atoms with Gasteiger partial charge in [-0.2, -0.15) is 0 Å².